The van der Waals surface area contributed by atoms with Crippen LogP contribution in [0.25, 0.3) is 0 Å². The van der Waals surface area contributed by atoms with Crippen LogP contribution in [0.5, 0.6) is 0 Å². The minimum absolute atomic E-state index is 0.0668. The number of alkyl halides is 3. The molecule has 7 heteroatoms. The van der Waals surface area contributed by atoms with Crippen LogP contribution < -0.4 is 10.2 Å². The number of Topliss-reactive ketones (excluding diaryl/α,β-unsaturated/α-hetero) is 1. The van der Waals surface area contributed by atoms with Crippen molar-refractivity contribution in [3.8, 4) is 0 Å². The number of carbonyl (C=O) groups is 2. The second-order valence-corrected chi connectivity index (χ2v) is 8.31. The van der Waals surface area contributed by atoms with Crippen molar-refractivity contribution in [2.45, 2.75) is 51.1 Å². The largest absolute Gasteiger partial charge is 0.416 e. The van der Waals surface area contributed by atoms with Gasteiger partial charge in [0.15, 0.2) is 0 Å². The van der Waals surface area contributed by atoms with Crippen LogP contribution in [0.1, 0.15) is 50.5 Å². The van der Waals surface area contributed by atoms with Crippen molar-refractivity contribution in [3.05, 3.63) is 23.8 Å². The van der Waals surface area contributed by atoms with Gasteiger partial charge >= 0.3 is 6.18 Å². The number of hydrogen-bond donors (Lipinski definition) is 1. The van der Waals surface area contributed by atoms with Crippen LogP contribution in [0, 0.1) is 17.8 Å². The van der Waals surface area contributed by atoms with Gasteiger partial charge in [0, 0.05) is 30.8 Å². The van der Waals surface area contributed by atoms with Crippen molar-refractivity contribution in [2.75, 3.05) is 23.3 Å². The zero-order valence-electron chi connectivity index (χ0n) is 15.7. The highest BCUT2D eigenvalue weighted by Gasteiger charge is 2.41. The van der Waals surface area contributed by atoms with Crippen LogP contribution in [0.2, 0.25) is 0 Å². The summed E-state index contributed by atoms with van der Waals surface area (Å²) < 4.78 is 39.6. The molecule has 3 fully saturated rings. The fourth-order valence-corrected chi connectivity index (χ4v) is 4.97. The summed E-state index contributed by atoms with van der Waals surface area (Å²) in [5.74, 6) is -0.434. The van der Waals surface area contributed by atoms with Gasteiger partial charge in [0.1, 0.15) is 5.78 Å². The highest BCUT2D eigenvalue weighted by molar-refractivity contribution is 5.97. The second-order valence-electron chi connectivity index (χ2n) is 8.31. The smallest absolute Gasteiger partial charge is 0.370 e. The molecule has 4 nitrogen and oxygen atoms in total. The molecule has 1 aliphatic heterocycles. The Bertz CT molecular complexity index is 755. The Morgan fingerprint density at radius 3 is 2.29 bits per heavy atom. The maximum absolute atomic E-state index is 13.2. The Balaban J connectivity index is 1.57. The van der Waals surface area contributed by atoms with Crippen molar-refractivity contribution >= 4 is 23.1 Å². The third-order valence-corrected chi connectivity index (χ3v) is 6.45. The van der Waals surface area contributed by atoms with Crippen molar-refractivity contribution < 1.29 is 22.8 Å². The molecule has 2 atom stereocenters. The summed E-state index contributed by atoms with van der Waals surface area (Å²) in [6, 6.07) is 3.58. The zero-order chi connectivity index (χ0) is 19.9. The van der Waals surface area contributed by atoms with E-state index in [1.807, 2.05) is 4.90 Å². The Labute approximate surface area is 162 Å². The molecular weight excluding hydrogens is 369 g/mol. The molecule has 2 bridgehead atoms. The first kappa shape index (κ1) is 19.3. The standard InChI is InChI=1S/C21H25F3N2O2/c22-21(23,24)16-6-7-18(26-8-1-2-9-26)17(12-16)25-20(28)15-10-13-4-3-5-14(11-15)19(13)27/h6-7,12-15H,1-5,8-11H2,(H,25,28). The average molecular weight is 394 g/mol. The van der Waals surface area contributed by atoms with E-state index in [2.05, 4.69) is 5.32 Å². The zero-order valence-corrected chi connectivity index (χ0v) is 15.7. The second kappa shape index (κ2) is 7.41. The number of rotatable bonds is 3. The minimum Gasteiger partial charge on any atom is -0.370 e. The van der Waals surface area contributed by atoms with Gasteiger partial charge in [-0.25, -0.2) is 0 Å². The summed E-state index contributed by atoms with van der Waals surface area (Å²) in [5, 5.41) is 2.78. The Morgan fingerprint density at radius 2 is 1.68 bits per heavy atom. The molecule has 28 heavy (non-hydrogen) atoms. The van der Waals surface area contributed by atoms with Crippen molar-refractivity contribution in [1.82, 2.24) is 0 Å². The van der Waals surface area contributed by atoms with E-state index in [4.69, 9.17) is 0 Å². The topological polar surface area (TPSA) is 49.4 Å². The normalized spacial score (nSPS) is 27.8. The molecule has 0 aromatic heterocycles. The lowest BCUT2D eigenvalue weighted by atomic mass is 9.67. The summed E-state index contributed by atoms with van der Waals surface area (Å²) in [6.07, 6.45) is 1.20. The summed E-state index contributed by atoms with van der Waals surface area (Å²) in [7, 11) is 0. The van der Waals surface area contributed by atoms with Gasteiger partial charge in [-0.15, -0.1) is 0 Å². The molecule has 1 saturated heterocycles. The van der Waals surface area contributed by atoms with E-state index in [0.717, 1.165) is 57.3 Å². The number of halogens is 3. The van der Waals surface area contributed by atoms with Crippen molar-refractivity contribution in [3.63, 3.8) is 0 Å². The predicted octanol–water partition coefficient (Wildman–Crippen LogP) is 4.64. The molecule has 2 unspecified atom stereocenters. The maximum Gasteiger partial charge on any atom is 0.416 e. The van der Waals surface area contributed by atoms with Crippen molar-refractivity contribution in [2.24, 2.45) is 17.8 Å². The quantitative estimate of drug-likeness (QED) is 0.813. The van der Waals surface area contributed by atoms with Crippen LogP contribution >= 0.6 is 0 Å². The molecule has 0 radical (unpaired) electrons. The number of ketones is 1. The van der Waals surface area contributed by atoms with E-state index >= 15 is 0 Å². The van der Waals surface area contributed by atoms with E-state index in [0.29, 0.717) is 18.5 Å². The first-order valence-corrected chi connectivity index (χ1v) is 10.1. The summed E-state index contributed by atoms with van der Waals surface area (Å²) in [4.78, 5) is 27.2. The number of nitrogens with one attached hydrogen (secondary N) is 1. The molecule has 3 aliphatic rings. The third-order valence-electron chi connectivity index (χ3n) is 6.45. The lowest BCUT2D eigenvalue weighted by Gasteiger charge is -2.37. The van der Waals surface area contributed by atoms with Crippen LogP contribution in [0.15, 0.2) is 18.2 Å². The Kier molecular flexibility index (Phi) is 5.10. The van der Waals surface area contributed by atoms with Crippen LogP contribution in [0.3, 0.4) is 0 Å². The molecule has 0 spiro atoms. The molecule has 4 rings (SSSR count). The van der Waals surface area contributed by atoms with Gasteiger partial charge in [0.25, 0.3) is 0 Å². The SMILES string of the molecule is O=C(Nc1cc(C(F)(F)F)ccc1N1CCCC1)C1CC2CCCC(C1)C2=O. The fraction of sp³-hybridized carbons (Fsp3) is 0.619. The van der Waals surface area contributed by atoms with E-state index in [-0.39, 0.29) is 35.1 Å². The minimum atomic E-state index is -4.46. The van der Waals surface area contributed by atoms with E-state index < -0.39 is 11.7 Å². The summed E-state index contributed by atoms with van der Waals surface area (Å²) >= 11 is 0. The van der Waals surface area contributed by atoms with Crippen molar-refractivity contribution in [1.29, 1.82) is 0 Å². The molecule has 1 N–H and O–H groups in total. The number of hydrogen-bond acceptors (Lipinski definition) is 3. The van der Waals surface area contributed by atoms with Gasteiger partial charge in [0.05, 0.1) is 16.9 Å². The van der Waals surface area contributed by atoms with Gasteiger partial charge in [0.2, 0.25) is 5.91 Å². The summed E-state index contributed by atoms with van der Waals surface area (Å²) in [5.41, 5.74) is 0.108. The third kappa shape index (κ3) is 3.76. The lowest BCUT2D eigenvalue weighted by Crippen LogP contribution is -2.40. The highest BCUT2D eigenvalue weighted by atomic mass is 19.4. The Hall–Kier alpha value is -2.05. The van der Waals surface area contributed by atoms with Crippen LogP contribution in [0.4, 0.5) is 24.5 Å². The fourth-order valence-electron chi connectivity index (χ4n) is 4.97. The monoisotopic (exact) mass is 394 g/mol. The van der Waals surface area contributed by atoms with Gasteiger partial charge in [-0.3, -0.25) is 9.59 Å². The molecule has 2 aliphatic carbocycles. The van der Waals surface area contributed by atoms with Gasteiger partial charge in [-0.2, -0.15) is 13.2 Å². The van der Waals surface area contributed by atoms with Crippen LogP contribution in [-0.2, 0) is 15.8 Å². The number of carbonyl (C=O) groups excluding carboxylic acids is 2. The van der Waals surface area contributed by atoms with E-state index in [9.17, 15) is 22.8 Å². The maximum atomic E-state index is 13.2. The highest BCUT2D eigenvalue weighted by Crippen LogP contribution is 2.41. The number of fused-ring (bicyclic) bond motifs is 2. The first-order chi connectivity index (χ1) is 13.3. The molecule has 1 aromatic rings. The van der Waals surface area contributed by atoms with Gasteiger partial charge in [-0.1, -0.05) is 6.42 Å². The lowest BCUT2D eigenvalue weighted by molar-refractivity contribution is -0.138. The van der Waals surface area contributed by atoms with Gasteiger partial charge < -0.3 is 10.2 Å². The van der Waals surface area contributed by atoms with Crippen LogP contribution in [-0.4, -0.2) is 24.8 Å². The van der Waals surface area contributed by atoms with E-state index in [1.165, 1.54) is 6.07 Å². The molecule has 1 amide bonds. The molecular formula is C21H25F3N2O2. The molecule has 1 heterocycles. The average Bonchev–Trinajstić information content (AvgIpc) is 3.15. The molecule has 152 valence electrons. The molecule has 2 saturated carbocycles. The first-order valence-electron chi connectivity index (χ1n) is 10.1. The number of anilines is 2. The number of nitrogens with zero attached hydrogens (tertiary/aromatic N) is 1. The van der Waals surface area contributed by atoms with Gasteiger partial charge in [-0.05, 0) is 56.7 Å². The Morgan fingerprint density at radius 1 is 1.04 bits per heavy atom. The number of benzene rings is 1. The number of amides is 1. The molecule has 1 aromatic carbocycles. The predicted molar refractivity (Wildman–Crippen MR) is 100 cm³/mol. The summed E-state index contributed by atoms with van der Waals surface area (Å²) in [6.45, 7) is 1.55. The van der Waals surface area contributed by atoms with E-state index in [1.54, 1.807) is 0 Å².